The Morgan fingerprint density at radius 2 is 1.48 bits per heavy atom. The molecule has 0 bridgehead atoms. The van der Waals surface area contributed by atoms with Gasteiger partial charge in [-0.15, -0.1) is 0 Å². The van der Waals surface area contributed by atoms with Crippen molar-refractivity contribution < 1.29 is 4.74 Å². The minimum atomic E-state index is -0.274. The molecule has 0 amide bonds. The van der Waals surface area contributed by atoms with Crippen LogP contribution in [0.5, 0.6) is 0 Å². The fraction of sp³-hybridized carbons (Fsp3) is 0.733. The number of ether oxygens (including phenoxy) is 1. The molecule has 1 saturated heterocycles. The molecule has 0 radical (unpaired) electrons. The van der Waals surface area contributed by atoms with Gasteiger partial charge in [0.2, 0.25) is 0 Å². The zero-order valence-electron chi connectivity index (χ0n) is 12.8. The molecule has 2 spiro atoms. The molecular weight excluding hydrogens is 298 g/mol. The van der Waals surface area contributed by atoms with Gasteiger partial charge in [0.25, 0.3) is 0 Å². The molecule has 8 heteroatoms. The minimum Gasteiger partial charge on any atom is -0.380 e. The first-order valence-electron chi connectivity index (χ1n) is 8.17. The summed E-state index contributed by atoms with van der Waals surface area (Å²) < 4.78 is 10.4. The Bertz CT molecular complexity index is 851. The molecular formula is C15H17N5O3. The lowest BCUT2D eigenvalue weighted by atomic mass is 9.49. The van der Waals surface area contributed by atoms with E-state index in [-0.39, 0.29) is 46.4 Å². The molecule has 1 aromatic rings. The zero-order chi connectivity index (χ0) is 15.6. The maximum Gasteiger partial charge on any atom is 0.347 e. The van der Waals surface area contributed by atoms with E-state index >= 15 is 0 Å². The van der Waals surface area contributed by atoms with Gasteiger partial charge in [-0.1, -0.05) is 0 Å². The third-order valence-electron chi connectivity index (χ3n) is 7.05. The van der Waals surface area contributed by atoms with Crippen LogP contribution in [0.2, 0.25) is 0 Å². The number of hydrogen-bond donors (Lipinski definition) is 0. The van der Waals surface area contributed by atoms with E-state index < -0.39 is 0 Å². The number of hydrogen-bond acceptors (Lipinski definition) is 5. The minimum absolute atomic E-state index is 0.159. The first kappa shape index (κ1) is 12.5. The maximum atomic E-state index is 12.7. The topological polar surface area (TPSA) is 82.9 Å². The van der Waals surface area contributed by atoms with E-state index in [4.69, 9.17) is 14.7 Å². The number of aromatic nitrogens is 3. The second-order valence-electron chi connectivity index (χ2n) is 7.48. The van der Waals surface area contributed by atoms with Crippen LogP contribution in [0.4, 0.5) is 0 Å². The van der Waals surface area contributed by atoms with Crippen LogP contribution in [0.3, 0.4) is 0 Å². The van der Waals surface area contributed by atoms with Gasteiger partial charge in [0.05, 0.1) is 36.1 Å². The summed E-state index contributed by atoms with van der Waals surface area (Å²) in [5.74, 6) is 0. The molecule has 8 nitrogen and oxygen atoms in total. The molecule has 6 rings (SSSR count). The van der Waals surface area contributed by atoms with Crippen LogP contribution in [0.1, 0.15) is 24.9 Å². The van der Waals surface area contributed by atoms with Crippen LogP contribution in [-0.2, 0) is 11.8 Å². The van der Waals surface area contributed by atoms with E-state index in [2.05, 4.69) is 0 Å². The van der Waals surface area contributed by atoms with Crippen molar-refractivity contribution in [2.24, 2.45) is 27.9 Å². The molecule has 4 aliphatic heterocycles. The molecule has 1 saturated carbocycles. The molecule has 4 unspecified atom stereocenters. The molecule has 23 heavy (non-hydrogen) atoms. The predicted molar refractivity (Wildman–Crippen MR) is 81.5 cm³/mol. The van der Waals surface area contributed by atoms with Crippen molar-refractivity contribution in [3.63, 3.8) is 0 Å². The van der Waals surface area contributed by atoms with Gasteiger partial charge in [-0.25, -0.2) is 23.5 Å². The third kappa shape index (κ3) is 0.969. The Kier molecular flexibility index (Phi) is 1.86. The summed E-state index contributed by atoms with van der Waals surface area (Å²) in [6.07, 6.45) is 5.71. The molecule has 0 N–H and O–H groups in total. The number of nitrogens with zero attached hydrogens (tertiary/aromatic N) is 5. The molecule has 1 aromatic heterocycles. The van der Waals surface area contributed by atoms with Crippen molar-refractivity contribution in [2.45, 2.75) is 37.0 Å². The first-order chi connectivity index (χ1) is 11.1. The Morgan fingerprint density at radius 1 is 1.00 bits per heavy atom. The van der Waals surface area contributed by atoms with Gasteiger partial charge < -0.3 is 4.74 Å². The van der Waals surface area contributed by atoms with Gasteiger partial charge in [-0.2, -0.15) is 0 Å². The average molecular weight is 315 g/mol. The lowest BCUT2D eigenvalue weighted by Crippen LogP contribution is -2.66. The van der Waals surface area contributed by atoms with E-state index in [0.717, 1.165) is 12.8 Å². The van der Waals surface area contributed by atoms with Crippen LogP contribution in [0.15, 0.2) is 19.6 Å². The largest absolute Gasteiger partial charge is 0.380 e. The normalized spacial score (nSPS) is 47.7. The lowest BCUT2D eigenvalue weighted by Gasteiger charge is -2.56. The van der Waals surface area contributed by atoms with E-state index in [0.29, 0.717) is 13.2 Å². The SMILES string of the molecule is Cn1c(=O)n2n(c1=O)[C@H]1C=N[C@H]3CCC4N=CC2C42COCC312. The monoisotopic (exact) mass is 315 g/mol. The quantitative estimate of drug-likeness (QED) is 0.625. The van der Waals surface area contributed by atoms with Crippen LogP contribution in [0.25, 0.3) is 0 Å². The van der Waals surface area contributed by atoms with Gasteiger partial charge in [0.15, 0.2) is 0 Å². The Morgan fingerprint density at radius 3 is 1.96 bits per heavy atom. The Balaban J connectivity index is 1.79. The number of fused-ring (bicyclic) bond motifs is 3. The van der Waals surface area contributed by atoms with Crippen LogP contribution < -0.4 is 11.4 Å². The highest BCUT2D eigenvalue weighted by molar-refractivity contribution is 5.75. The summed E-state index contributed by atoms with van der Waals surface area (Å²) in [5.41, 5.74) is -1.03. The van der Waals surface area contributed by atoms with Gasteiger partial charge in [0, 0.05) is 19.5 Å². The van der Waals surface area contributed by atoms with Crippen molar-refractivity contribution >= 4 is 12.4 Å². The lowest BCUT2D eigenvalue weighted by molar-refractivity contribution is -0.0658. The Hall–Kier alpha value is -1.96. The number of rotatable bonds is 0. The summed E-state index contributed by atoms with van der Waals surface area (Å²) >= 11 is 0. The van der Waals surface area contributed by atoms with E-state index in [1.54, 1.807) is 16.4 Å². The summed E-state index contributed by atoms with van der Waals surface area (Å²) in [7, 11) is 1.54. The van der Waals surface area contributed by atoms with Crippen LogP contribution in [-0.4, -0.2) is 51.7 Å². The molecule has 2 fully saturated rings. The fourth-order valence-electron chi connectivity index (χ4n) is 6.11. The van der Waals surface area contributed by atoms with Gasteiger partial charge in [-0.3, -0.25) is 9.98 Å². The van der Waals surface area contributed by atoms with Crippen molar-refractivity contribution in [2.75, 3.05) is 13.2 Å². The fourth-order valence-corrected chi connectivity index (χ4v) is 6.11. The molecule has 120 valence electrons. The third-order valence-corrected chi connectivity index (χ3v) is 7.05. The maximum absolute atomic E-state index is 12.7. The average Bonchev–Trinajstić information content (AvgIpc) is 3.25. The smallest absolute Gasteiger partial charge is 0.347 e. The molecule has 6 atom stereocenters. The van der Waals surface area contributed by atoms with Gasteiger partial charge in [0.1, 0.15) is 12.1 Å². The summed E-state index contributed by atoms with van der Waals surface area (Å²) in [6.45, 7) is 1.18. The van der Waals surface area contributed by atoms with Crippen LogP contribution >= 0.6 is 0 Å². The summed E-state index contributed by atoms with van der Waals surface area (Å²) in [5, 5.41) is 0. The molecule has 5 heterocycles. The highest BCUT2D eigenvalue weighted by Crippen LogP contribution is 2.69. The van der Waals surface area contributed by atoms with Crippen molar-refractivity contribution in [3.8, 4) is 0 Å². The molecule has 0 aromatic carbocycles. The summed E-state index contributed by atoms with van der Waals surface area (Å²) in [6, 6.07) is -0.105. The zero-order valence-corrected chi connectivity index (χ0v) is 12.8. The predicted octanol–water partition coefficient (Wildman–Crippen LogP) is -0.853. The van der Waals surface area contributed by atoms with Crippen molar-refractivity contribution in [3.05, 3.63) is 21.0 Å². The molecule has 5 aliphatic rings. The Labute approximate surface area is 131 Å². The summed E-state index contributed by atoms with van der Waals surface area (Å²) in [4.78, 5) is 34.9. The van der Waals surface area contributed by atoms with E-state index in [9.17, 15) is 9.59 Å². The van der Waals surface area contributed by atoms with E-state index in [1.807, 2.05) is 12.4 Å². The standard InChI is InChI=1S/C15H17N5O3/c1-18-12(21)19-10-4-16-8-2-3-9-15(7-23-6-14(8,10)15)11(5-17-9)20(19)13(18)22/h4-5,8-11H,2-3,6-7H2,1H3/t8-,9?,10-,11?,14?,15?/m0/s1. The van der Waals surface area contributed by atoms with Crippen LogP contribution in [0, 0.1) is 10.8 Å². The van der Waals surface area contributed by atoms with Crippen molar-refractivity contribution in [1.82, 2.24) is 13.9 Å². The highest BCUT2D eigenvalue weighted by Gasteiger charge is 2.77. The second-order valence-corrected chi connectivity index (χ2v) is 7.48. The van der Waals surface area contributed by atoms with Crippen molar-refractivity contribution in [1.29, 1.82) is 0 Å². The van der Waals surface area contributed by atoms with E-state index in [1.165, 1.54) is 4.57 Å². The number of aliphatic imine (C=N–C) groups is 2. The van der Waals surface area contributed by atoms with Gasteiger partial charge >= 0.3 is 11.4 Å². The first-order valence-corrected chi connectivity index (χ1v) is 8.17. The second kappa shape index (κ2) is 3.43. The molecule has 1 aliphatic carbocycles. The highest BCUT2D eigenvalue weighted by atomic mass is 16.5. The van der Waals surface area contributed by atoms with Gasteiger partial charge in [-0.05, 0) is 12.8 Å².